The van der Waals surface area contributed by atoms with Gasteiger partial charge in [0.25, 0.3) is 0 Å². The SMILES string of the molecule is Oc1cc(COCCC[C@@H](Cc2ccccc2)[C@@H](COCc2cc(O)c(O)c(O)c2)Cc2ccccc2)cc(O)c1O.Oc1cc(COCCC[C@H](Cc2ccccc2)[C@H](COCc2cc(O)c(O)c(O)c2)Cc2ccccc2)cc(O)c1O. The van der Waals surface area contributed by atoms with Crippen molar-refractivity contribution in [2.75, 3.05) is 26.4 Å². The van der Waals surface area contributed by atoms with Crippen LogP contribution in [0.25, 0.3) is 0 Å². The van der Waals surface area contributed by atoms with E-state index >= 15 is 0 Å². The normalized spacial score (nSPS) is 12.7. The molecule has 0 spiro atoms. The monoisotopic (exact) mass is 1150 g/mol. The smallest absolute Gasteiger partial charge is 0.200 e. The molecule has 12 N–H and O–H groups in total. The number of phenols is 12. The highest BCUT2D eigenvalue weighted by Crippen LogP contribution is 2.39. The van der Waals surface area contributed by atoms with E-state index in [1.807, 2.05) is 72.8 Å². The van der Waals surface area contributed by atoms with Crippen molar-refractivity contribution >= 4 is 0 Å². The molecule has 16 nitrogen and oxygen atoms in total. The maximum atomic E-state index is 9.88. The van der Waals surface area contributed by atoms with Crippen molar-refractivity contribution in [1.82, 2.24) is 0 Å². The van der Waals surface area contributed by atoms with Gasteiger partial charge in [-0.25, -0.2) is 0 Å². The van der Waals surface area contributed by atoms with E-state index in [2.05, 4.69) is 48.5 Å². The molecule has 0 aliphatic rings. The second-order valence-corrected chi connectivity index (χ2v) is 21.1. The Morgan fingerprint density at radius 1 is 0.250 bits per heavy atom. The maximum absolute atomic E-state index is 9.88. The van der Waals surface area contributed by atoms with Crippen LogP contribution in [0.15, 0.2) is 170 Å². The van der Waals surface area contributed by atoms with Gasteiger partial charge in [-0.3, -0.25) is 0 Å². The van der Waals surface area contributed by atoms with Crippen molar-refractivity contribution in [3.05, 3.63) is 214 Å². The number of aromatic hydroxyl groups is 12. The quantitative estimate of drug-likeness (QED) is 0.0147. The Hall–Kier alpha value is -8.80. The van der Waals surface area contributed by atoms with Gasteiger partial charge in [0.05, 0.1) is 39.6 Å². The molecule has 16 heteroatoms. The van der Waals surface area contributed by atoms with E-state index in [1.165, 1.54) is 70.8 Å². The van der Waals surface area contributed by atoms with Crippen molar-refractivity contribution in [3.63, 3.8) is 0 Å². The molecule has 8 rings (SSSR count). The van der Waals surface area contributed by atoms with E-state index in [-0.39, 0.29) is 50.1 Å². The van der Waals surface area contributed by atoms with Crippen molar-refractivity contribution in [3.8, 4) is 69.0 Å². The number of hydrogen-bond acceptors (Lipinski definition) is 16. The van der Waals surface area contributed by atoms with Gasteiger partial charge < -0.3 is 80.2 Å². The third kappa shape index (κ3) is 19.7. The summed E-state index contributed by atoms with van der Waals surface area (Å²) in [7, 11) is 0. The zero-order valence-corrected chi connectivity index (χ0v) is 46.8. The Morgan fingerprint density at radius 2 is 0.464 bits per heavy atom. The summed E-state index contributed by atoms with van der Waals surface area (Å²) in [5.41, 5.74) is 7.09. The van der Waals surface area contributed by atoms with Crippen molar-refractivity contribution in [2.45, 2.75) is 77.8 Å². The van der Waals surface area contributed by atoms with Crippen LogP contribution >= 0.6 is 0 Å². The molecule has 0 saturated carbocycles. The molecule has 0 aliphatic heterocycles. The van der Waals surface area contributed by atoms with Gasteiger partial charge in [-0.05, 0) is 168 Å². The summed E-state index contributed by atoms with van der Waals surface area (Å²) in [6.07, 6.45) is 6.58. The van der Waals surface area contributed by atoms with Gasteiger partial charge in [0, 0.05) is 13.2 Å². The van der Waals surface area contributed by atoms with E-state index in [1.54, 1.807) is 0 Å². The summed E-state index contributed by atoms with van der Waals surface area (Å²) in [6, 6.07) is 52.1. The molecular weight excluding hydrogens is 1070 g/mol. The first-order valence-electron chi connectivity index (χ1n) is 28.0. The Balaban J connectivity index is 0.000000241. The number of phenolic OH excluding ortho intramolecular Hbond substituents is 12. The standard InChI is InChI=1S/2C34H38O8/c2*35-29-16-25(17-30(36)33(29)39)20-41-13-7-12-27(14-23-8-3-1-4-9-23)28(15-24-10-5-2-6-11-24)22-42-21-26-18-31(37)34(40)32(38)19-26/h2*1-6,8-11,16-19,27-28,35-40H,7,12-15,20-22H2/t2*27-,28+/m10/s1. The zero-order valence-electron chi connectivity index (χ0n) is 46.8. The molecule has 0 amide bonds. The lowest BCUT2D eigenvalue weighted by atomic mass is 9.80. The first-order valence-corrected chi connectivity index (χ1v) is 28.0. The maximum Gasteiger partial charge on any atom is 0.200 e. The predicted molar refractivity (Wildman–Crippen MR) is 317 cm³/mol. The van der Waals surface area contributed by atoms with Crippen LogP contribution < -0.4 is 0 Å². The molecule has 8 aromatic rings. The summed E-state index contributed by atoms with van der Waals surface area (Å²) < 4.78 is 23.9. The van der Waals surface area contributed by atoms with Crippen LogP contribution in [0.1, 0.15) is 70.2 Å². The molecule has 0 fully saturated rings. The molecule has 0 unspecified atom stereocenters. The Kier molecular flexibility index (Phi) is 24.0. The van der Waals surface area contributed by atoms with Gasteiger partial charge in [-0.1, -0.05) is 121 Å². The lowest BCUT2D eigenvalue weighted by Crippen LogP contribution is -2.25. The summed E-state index contributed by atoms with van der Waals surface area (Å²) >= 11 is 0. The van der Waals surface area contributed by atoms with E-state index < -0.39 is 69.0 Å². The minimum absolute atomic E-state index is 0.151. The molecule has 8 aromatic carbocycles. The average Bonchev–Trinajstić information content (AvgIpc) is 3.52. The third-order valence-electron chi connectivity index (χ3n) is 14.7. The van der Waals surface area contributed by atoms with Crippen LogP contribution in [0.3, 0.4) is 0 Å². The fourth-order valence-corrected chi connectivity index (χ4v) is 10.3. The Labute approximate surface area is 489 Å². The Morgan fingerprint density at radius 3 is 0.702 bits per heavy atom. The summed E-state index contributed by atoms with van der Waals surface area (Å²) in [5.74, 6) is -4.54. The lowest BCUT2D eigenvalue weighted by Gasteiger charge is -2.28. The van der Waals surface area contributed by atoms with Crippen LogP contribution in [0.2, 0.25) is 0 Å². The molecule has 0 bridgehead atoms. The van der Waals surface area contributed by atoms with Crippen molar-refractivity contribution < 1.29 is 80.2 Å². The molecule has 4 atom stereocenters. The molecule has 84 heavy (non-hydrogen) atoms. The van der Waals surface area contributed by atoms with Crippen molar-refractivity contribution in [2.24, 2.45) is 23.7 Å². The molecule has 0 heterocycles. The second-order valence-electron chi connectivity index (χ2n) is 21.1. The summed E-state index contributed by atoms with van der Waals surface area (Å²) in [6.45, 7) is 2.54. The zero-order chi connectivity index (χ0) is 59.8. The van der Waals surface area contributed by atoms with Gasteiger partial charge in [-0.15, -0.1) is 0 Å². The minimum atomic E-state index is -0.551. The van der Waals surface area contributed by atoms with Gasteiger partial charge in [-0.2, -0.15) is 0 Å². The van der Waals surface area contributed by atoms with Gasteiger partial charge in [0.1, 0.15) is 0 Å². The van der Waals surface area contributed by atoms with Crippen LogP contribution in [-0.2, 0) is 71.1 Å². The first kappa shape index (κ1) is 62.8. The fourth-order valence-electron chi connectivity index (χ4n) is 10.3. The second kappa shape index (κ2) is 32.2. The van der Waals surface area contributed by atoms with E-state index in [9.17, 15) is 61.3 Å². The van der Waals surface area contributed by atoms with Crippen LogP contribution in [0.4, 0.5) is 0 Å². The van der Waals surface area contributed by atoms with Crippen molar-refractivity contribution in [1.29, 1.82) is 0 Å². The molecular formula is C68H76O16. The number of hydrogen-bond donors (Lipinski definition) is 12. The van der Waals surface area contributed by atoms with Gasteiger partial charge >= 0.3 is 0 Å². The summed E-state index contributed by atoms with van der Waals surface area (Å²) in [4.78, 5) is 0. The van der Waals surface area contributed by atoms with E-state index in [4.69, 9.17) is 18.9 Å². The topological polar surface area (TPSA) is 280 Å². The Bertz CT molecular complexity index is 2940. The third-order valence-corrected chi connectivity index (χ3v) is 14.7. The molecule has 0 aromatic heterocycles. The van der Waals surface area contributed by atoms with Gasteiger partial charge in [0.2, 0.25) is 0 Å². The first-order chi connectivity index (χ1) is 40.6. The number of benzene rings is 8. The molecule has 444 valence electrons. The van der Waals surface area contributed by atoms with Gasteiger partial charge in [0.15, 0.2) is 69.0 Å². The molecule has 0 aliphatic carbocycles. The fraction of sp³-hybridized carbons (Fsp3) is 0.294. The highest BCUT2D eigenvalue weighted by molar-refractivity contribution is 5.53. The van der Waals surface area contributed by atoms with Crippen LogP contribution in [0.5, 0.6) is 69.0 Å². The molecule has 0 saturated heterocycles. The van der Waals surface area contributed by atoms with E-state index in [0.29, 0.717) is 48.7 Å². The highest BCUT2D eigenvalue weighted by Gasteiger charge is 2.25. The van der Waals surface area contributed by atoms with Crippen LogP contribution in [0, 0.1) is 23.7 Å². The number of rotatable bonds is 30. The largest absolute Gasteiger partial charge is 0.504 e. The predicted octanol–water partition coefficient (Wildman–Crippen LogP) is 12.3. The minimum Gasteiger partial charge on any atom is -0.504 e. The average molecular weight is 1150 g/mol. The summed E-state index contributed by atoms with van der Waals surface area (Å²) in [5, 5.41) is 117. The lowest BCUT2D eigenvalue weighted by molar-refractivity contribution is 0.0578. The highest BCUT2D eigenvalue weighted by atomic mass is 16.5. The molecule has 0 radical (unpaired) electrons. The van der Waals surface area contributed by atoms with E-state index in [0.717, 1.165) is 51.4 Å². The van der Waals surface area contributed by atoms with Crippen LogP contribution in [-0.4, -0.2) is 87.7 Å². The number of ether oxygens (including phenoxy) is 4.